The molecule has 108 valence electrons. The number of hydrogen-bond donors (Lipinski definition) is 0. The van der Waals surface area contributed by atoms with Crippen molar-refractivity contribution in [2.45, 2.75) is 6.92 Å². The van der Waals surface area contributed by atoms with E-state index < -0.39 is 11.6 Å². The Labute approximate surface area is 119 Å². The zero-order valence-corrected chi connectivity index (χ0v) is 11.6. The van der Waals surface area contributed by atoms with E-state index in [2.05, 4.69) is 0 Å². The molecule has 6 heteroatoms. The third-order valence-corrected chi connectivity index (χ3v) is 3.21. The molecule has 0 unspecified atom stereocenters. The molecule has 0 aliphatic heterocycles. The van der Waals surface area contributed by atoms with Crippen molar-refractivity contribution in [1.82, 2.24) is 4.57 Å². The molecule has 0 aliphatic carbocycles. The largest absolute Gasteiger partial charge is 0.494 e. The lowest BCUT2D eigenvalue weighted by Gasteiger charge is -2.06. The minimum Gasteiger partial charge on any atom is -0.494 e. The predicted molar refractivity (Wildman–Crippen MR) is 75.9 cm³/mol. The highest BCUT2D eigenvalue weighted by molar-refractivity contribution is 5.98. The number of benzene rings is 1. The summed E-state index contributed by atoms with van der Waals surface area (Å²) >= 11 is 0. The third-order valence-electron chi connectivity index (χ3n) is 3.21. The lowest BCUT2D eigenvalue weighted by molar-refractivity contribution is 0.0525. The molecule has 0 saturated carbocycles. The summed E-state index contributed by atoms with van der Waals surface area (Å²) in [7, 11) is 1.53. The third kappa shape index (κ3) is 1.96. The van der Waals surface area contributed by atoms with Crippen LogP contribution in [-0.2, 0) is 4.74 Å². The maximum Gasteiger partial charge on any atom is 0.373 e. The Morgan fingerprint density at radius 3 is 2.81 bits per heavy atom. The first-order chi connectivity index (χ1) is 10.2. The van der Waals surface area contributed by atoms with Crippen LogP contribution in [0.25, 0.3) is 16.4 Å². The van der Waals surface area contributed by atoms with Crippen LogP contribution < -0.4 is 10.4 Å². The number of hydrogen-bond acceptors (Lipinski definition) is 5. The summed E-state index contributed by atoms with van der Waals surface area (Å²) in [5, 5.41) is 0.830. The van der Waals surface area contributed by atoms with Gasteiger partial charge in [0.05, 0.1) is 13.7 Å². The van der Waals surface area contributed by atoms with Gasteiger partial charge in [0.1, 0.15) is 16.8 Å². The van der Waals surface area contributed by atoms with Gasteiger partial charge < -0.3 is 14.0 Å². The fraction of sp³-hybridized carbons (Fsp3) is 0.200. The van der Waals surface area contributed by atoms with Gasteiger partial charge in [-0.2, -0.15) is 4.57 Å². The van der Waals surface area contributed by atoms with Gasteiger partial charge >= 0.3 is 11.6 Å². The highest BCUT2D eigenvalue weighted by atomic mass is 16.5. The average Bonchev–Trinajstić information content (AvgIpc) is 2.82. The second-order valence-electron chi connectivity index (χ2n) is 4.39. The maximum absolute atomic E-state index is 12.0. The van der Waals surface area contributed by atoms with E-state index in [0.29, 0.717) is 16.8 Å². The Kier molecular flexibility index (Phi) is 3.13. The van der Waals surface area contributed by atoms with Crippen molar-refractivity contribution in [2.24, 2.45) is 0 Å². The van der Waals surface area contributed by atoms with Crippen molar-refractivity contribution in [3.05, 3.63) is 46.3 Å². The molecular formula is C15H13NO5. The van der Waals surface area contributed by atoms with E-state index in [-0.39, 0.29) is 12.2 Å². The minimum atomic E-state index is -0.730. The first-order valence-corrected chi connectivity index (χ1v) is 6.46. The Bertz CT molecular complexity index is 890. The number of rotatable bonds is 3. The van der Waals surface area contributed by atoms with Crippen molar-refractivity contribution in [3.8, 4) is 5.75 Å². The smallest absolute Gasteiger partial charge is 0.373 e. The quantitative estimate of drug-likeness (QED) is 0.691. The summed E-state index contributed by atoms with van der Waals surface area (Å²) in [5.74, 6) is -0.143. The van der Waals surface area contributed by atoms with Crippen LogP contribution in [0.4, 0.5) is 0 Å². The van der Waals surface area contributed by atoms with E-state index in [1.807, 2.05) is 12.1 Å². The lowest BCUT2D eigenvalue weighted by Crippen LogP contribution is -2.13. The first-order valence-electron chi connectivity index (χ1n) is 6.46. The van der Waals surface area contributed by atoms with Gasteiger partial charge in [-0.15, -0.1) is 0 Å². The second-order valence-corrected chi connectivity index (χ2v) is 4.39. The highest BCUT2D eigenvalue weighted by Gasteiger charge is 2.22. The van der Waals surface area contributed by atoms with E-state index in [4.69, 9.17) is 14.0 Å². The number of nitrogens with zero attached hydrogens (tertiary/aromatic N) is 1. The number of fused-ring (bicyclic) bond motifs is 3. The van der Waals surface area contributed by atoms with Crippen LogP contribution in [0, 0.1) is 0 Å². The van der Waals surface area contributed by atoms with Crippen LogP contribution in [0.3, 0.4) is 0 Å². The average molecular weight is 287 g/mol. The zero-order chi connectivity index (χ0) is 15.0. The fourth-order valence-corrected chi connectivity index (χ4v) is 2.32. The number of methoxy groups -OCH3 is 1. The molecule has 0 atom stereocenters. The van der Waals surface area contributed by atoms with Crippen molar-refractivity contribution >= 4 is 22.4 Å². The van der Waals surface area contributed by atoms with Crippen LogP contribution >= 0.6 is 0 Å². The summed E-state index contributed by atoms with van der Waals surface area (Å²) in [6.45, 7) is 1.86. The zero-order valence-electron chi connectivity index (χ0n) is 11.6. The second kappa shape index (κ2) is 4.97. The highest BCUT2D eigenvalue weighted by Crippen LogP contribution is 2.27. The minimum absolute atomic E-state index is 0.107. The number of pyridine rings is 1. The Morgan fingerprint density at radius 2 is 2.10 bits per heavy atom. The Morgan fingerprint density at radius 1 is 1.29 bits per heavy atom. The van der Waals surface area contributed by atoms with Gasteiger partial charge in [-0.3, -0.25) is 0 Å². The van der Waals surface area contributed by atoms with Gasteiger partial charge in [0.2, 0.25) is 0 Å². The standard InChI is InChI=1S/C15H13NO5/c1-3-20-14(17)12-10-8-7-9-5-4-6-11(19-2)13(9)16(10)21-15(12)18/h4-8H,3H2,1-2H3. The topological polar surface area (TPSA) is 70.2 Å². The Balaban J connectivity index is 2.40. The predicted octanol–water partition coefficient (Wildman–Crippen LogP) is 2.23. The van der Waals surface area contributed by atoms with Gasteiger partial charge in [0.15, 0.2) is 5.56 Å². The molecule has 0 amide bonds. The molecule has 6 nitrogen and oxygen atoms in total. The van der Waals surface area contributed by atoms with E-state index in [1.165, 1.54) is 11.7 Å². The molecule has 3 rings (SSSR count). The number of carbonyl (C=O) groups is 1. The van der Waals surface area contributed by atoms with Crippen molar-refractivity contribution in [1.29, 1.82) is 0 Å². The number of aromatic nitrogens is 1. The van der Waals surface area contributed by atoms with Crippen molar-refractivity contribution in [3.63, 3.8) is 0 Å². The first kappa shape index (κ1) is 13.2. The molecule has 0 bridgehead atoms. The van der Waals surface area contributed by atoms with E-state index in [0.717, 1.165) is 5.39 Å². The number of esters is 1. The molecule has 0 N–H and O–H groups in total. The monoisotopic (exact) mass is 287 g/mol. The number of ether oxygens (including phenoxy) is 2. The van der Waals surface area contributed by atoms with E-state index in [1.54, 1.807) is 25.1 Å². The van der Waals surface area contributed by atoms with Crippen LogP contribution in [0.2, 0.25) is 0 Å². The van der Waals surface area contributed by atoms with E-state index in [9.17, 15) is 9.59 Å². The van der Waals surface area contributed by atoms with Gasteiger partial charge in [-0.1, -0.05) is 18.2 Å². The summed E-state index contributed by atoms with van der Waals surface area (Å²) in [6.07, 6.45) is 0. The molecule has 1 aromatic carbocycles. The summed E-state index contributed by atoms with van der Waals surface area (Å²) in [5.41, 5.74) is 0.108. The molecule has 21 heavy (non-hydrogen) atoms. The normalized spacial score (nSPS) is 11.0. The molecule has 0 radical (unpaired) electrons. The molecule has 0 saturated heterocycles. The van der Waals surface area contributed by atoms with Crippen molar-refractivity contribution in [2.75, 3.05) is 13.7 Å². The fourth-order valence-electron chi connectivity index (χ4n) is 2.32. The van der Waals surface area contributed by atoms with Gasteiger partial charge in [0.25, 0.3) is 0 Å². The van der Waals surface area contributed by atoms with Gasteiger partial charge in [-0.25, -0.2) is 9.59 Å². The Hall–Kier alpha value is -2.76. The number of carbonyl (C=O) groups excluding carboxylic acids is 1. The van der Waals surface area contributed by atoms with Crippen LogP contribution in [0.5, 0.6) is 5.75 Å². The summed E-state index contributed by atoms with van der Waals surface area (Å²) in [4.78, 5) is 23.9. The van der Waals surface area contributed by atoms with Gasteiger partial charge in [-0.05, 0) is 19.1 Å². The summed E-state index contributed by atoms with van der Waals surface area (Å²) in [6, 6.07) is 8.90. The van der Waals surface area contributed by atoms with Crippen LogP contribution in [0.15, 0.2) is 39.6 Å². The summed E-state index contributed by atoms with van der Waals surface area (Å²) < 4.78 is 16.7. The molecule has 0 fully saturated rings. The number of para-hydroxylation sites is 1. The molecule has 0 spiro atoms. The van der Waals surface area contributed by atoms with E-state index >= 15 is 0 Å². The molecule has 3 aromatic rings. The molecule has 0 aliphatic rings. The molecule has 2 aromatic heterocycles. The maximum atomic E-state index is 12.0. The lowest BCUT2D eigenvalue weighted by atomic mass is 10.1. The molecule has 2 heterocycles. The SMILES string of the molecule is CCOC(=O)c1c(=O)on2c1ccc1cccc(OC)c12. The molecular weight excluding hydrogens is 274 g/mol. The van der Waals surface area contributed by atoms with Gasteiger partial charge in [0, 0.05) is 5.39 Å². The van der Waals surface area contributed by atoms with Crippen molar-refractivity contribution < 1.29 is 18.8 Å². The van der Waals surface area contributed by atoms with Crippen LogP contribution in [0.1, 0.15) is 17.3 Å². The van der Waals surface area contributed by atoms with Crippen LogP contribution in [-0.4, -0.2) is 24.3 Å².